The molecule has 2 nitrogen and oxygen atoms in total. The van der Waals surface area contributed by atoms with Gasteiger partial charge in [-0.25, -0.2) is 0 Å². The summed E-state index contributed by atoms with van der Waals surface area (Å²) >= 11 is 0. The average Bonchev–Trinajstić information content (AvgIpc) is 1.91. The molecule has 2 N–H and O–H groups in total. The highest BCUT2D eigenvalue weighted by Crippen LogP contribution is 2.06. The topological polar surface area (TPSA) is 40.5 Å². The number of hydrogen-bond acceptors (Lipinski definition) is 2. The molecule has 62 valence electrons. The van der Waals surface area contributed by atoms with Gasteiger partial charge in [-0.1, -0.05) is 18.2 Å². The van der Waals surface area contributed by atoms with Crippen LogP contribution >= 0.6 is 0 Å². The van der Waals surface area contributed by atoms with Crippen molar-refractivity contribution < 1.29 is 10.0 Å². The first kappa shape index (κ1) is 12.8. The molecule has 0 heterocycles. The normalized spacial score (nSPS) is 9.64. The fourth-order valence-corrected chi connectivity index (χ4v) is 0.616. The van der Waals surface area contributed by atoms with Gasteiger partial charge in [0.15, 0.2) is 0 Å². The SMILES string of the molecule is C=C.C=C(C)/C(=C\C)B(O)O. The minimum atomic E-state index is -1.38. The van der Waals surface area contributed by atoms with Crippen LogP contribution in [0, 0.1) is 0 Å². The number of hydrogen-bond donors (Lipinski definition) is 2. The first-order chi connectivity index (χ1) is 5.09. The Labute approximate surface area is 68.7 Å². The molecule has 0 aromatic carbocycles. The average molecular weight is 154 g/mol. The Morgan fingerprint density at radius 3 is 1.73 bits per heavy atom. The van der Waals surface area contributed by atoms with Crippen LogP contribution in [0.25, 0.3) is 0 Å². The summed E-state index contributed by atoms with van der Waals surface area (Å²) in [5.41, 5.74) is 1.17. The van der Waals surface area contributed by atoms with Crippen LogP contribution in [0.1, 0.15) is 13.8 Å². The first-order valence-corrected chi connectivity index (χ1v) is 3.27. The molecule has 0 fully saturated rings. The van der Waals surface area contributed by atoms with E-state index >= 15 is 0 Å². The van der Waals surface area contributed by atoms with Crippen molar-refractivity contribution in [2.24, 2.45) is 0 Å². The van der Waals surface area contributed by atoms with E-state index in [1.165, 1.54) is 0 Å². The van der Waals surface area contributed by atoms with Crippen molar-refractivity contribution in [3.63, 3.8) is 0 Å². The van der Waals surface area contributed by atoms with E-state index in [0.29, 0.717) is 11.0 Å². The van der Waals surface area contributed by atoms with Crippen LogP contribution in [0.2, 0.25) is 0 Å². The summed E-state index contributed by atoms with van der Waals surface area (Å²) in [4.78, 5) is 0. The molecule has 11 heavy (non-hydrogen) atoms. The van der Waals surface area contributed by atoms with E-state index in [1.54, 1.807) is 19.9 Å². The zero-order valence-corrected chi connectivity index (χ0v) is 7.17. The maximum absolute atomic E-state index is 8.61. The largest absolute Gasteiger partial charge is 0.488 e. The third-order valence-electron chi connectivity index (χ3n) is 1.08. The van der Waals surface area contributed by atoms with Crippen molar-refractivity contribution in [1.82, 2.24) is 0 Å². The molecule has 0 radical (unpaired) electrons. The Morgan fingerprint density at radius 2 is 1.73 bits per heavy atom. The molecule has 0 unspecified atom stereocenters. The van der Waals surface area contributed by atoms with Gasteiger partial charge in [0.25, 0.3) is 0 Å². The molecule has 0 atom stereocenters. The predicted octanol–water partition coefficient (Wildman–Crippen LogP) is 1.32. The van der Waals surface area contributed by atoms with Gasteiger partial charge in [-0.15, -0.1) is 13.2 Å². The Balaban J connectivity index is 0. The van der Waals surface area contributed by atoms with E-state index in [9.17, 15) is 0 Å². The zero-order valence-electron chi connectivity index (χ0n) is 7.17. The van der Waals surface area contributed by atoms with Gasteiger partial charge in [-0.3, -0.25) is 0 Å². The smallest absolute Gasteiger partial charge is 0.423 e. The molecule has 0 aliphatic rings. The van der Waals surface area contributed by atoms with Gasteiger partial charge in [-0.2, -0.15) is 0 Å². The molecule has 0 aromatic heterocycles. The van der Waals surface area contributed by atoms with Gasteiger partial charge in [0.2, 0.25) is 0 Å². The molecule has 0 spiro atoms. The van der Waals surface area contributed by atoms with E-state index < -0.39 is 7.12 Å². The molecule has 0 amide bonds. The van der Waals surface area contributed by atoms with Crippen LogP contribution in [0.5, 0.6) is 0 Å². The maximum Gasteiger partial charge on any atom is 0.488 e. The van der Waals surface area contributed by atoms with E-state index in [0.717, 1.165) is 0 Å². The standard InChI is InChI=1S/C6H11BO2.C2H4/c1-4-6(5(2)3)7(8)9;1-2/h4,8-9H,2H2,1,3H3;1-2H2/b6-4+;. The Kier molecular flexibility index (Phi) is 8.54. The van der Waals surface area contributed by atoms with Crippen molar-refractivity contribution in [3.05, 3.63) is 36.9 Å². The van der Waals surface area contributed by atoms with Gasteiger partial charge in [0, 0.05) is 0 Å². The van der Waals surface area contributed by atoms with E-state index in [-0.39, 0.29) is 0 Å². The van der Waals surface area contributed by atoms with Crippen molar-refractivity contribution in [2.45, 2.75) is 13.8 Å². The minimum absolute atomic E-state index is 0.481. The summed E-state index contributed by atoms with van der Waals surface area (Å²) in [5.74, 6) is 0. The molecule has 0 rings (SSSR count). The molecule has 0 saturated carbocycles. The molecule has 0 aromatic rings. The van der Waals surface area contributed by atoms with Crippen LogP contribution in [0.3, 0.4) is 0 Å². The minimum Gasteiger partial charge on any atom is -0.423 e. The molecule has 0 saturated heterocycles. The van der Waals surface area contributed by atoms with Crippen LogP contribution in [-0.4, -0.2) is 17.2 Å². The second-order valence-corrected chi connectivity index (χ2v) is 1.90. The summed E-state index contributed by atoms with van der Waals surface area (Å²) in [6.07, 6.45) is 1.63. The fourth-order valence-electron chi connectivity index (χ4n) is 0.616. The second-order valence-electron chi connectivity index (χ2n) is 1.90. The lowest BCUT2D eigenvalue weighted by molar-refractivity contribution is 0.420. The summed E-state index contributed by atoms with van der Waals surface area (Å²) < 4.78 is 0. The van der Waals surface area contributed by atoms with Gasteiger partial charge in [0.05, 0.1) is 0 Å². The third kappa shape index (κ3) is 5.64. The zero-order chi connectivity index (χ0) is 9.44. The van der Waals surface area contributed by atoms with E-state index in [4.69, 9.17) is 10.0 Å². The van der Waals surface area contributed by atoms with E-state index in [2.05, 4.69) is 19.7 Å². The molecule has 3 heteroatoms. The summed E-state index contributed by atoms with van der Waals surface area (Å²) in [6, 6.07) is 0. The van der Waals surface area contributed by atoms with Crippen LogP contribution in [0.4, 0.5) is 0 Å². The molecule has 0 bridgehead atoms. The van der Waals surface area contributed by atoms with E-state index in [1.807, 2.05) is 0 Å². The van der Waals surface area contributed by atoms with Crippen LogP contribution in [0.15, 0.2) is 36.9 Å². The lowest BCUT2D eigenvalue weighted by Crippen LogP contribution is -2.15. The van der Waals surface area contributed by atoms with Gasteiger partial charge < -0.3 is 10.0 Å². The highest BCUT2D eigenvalue weighted by molar-refractivity contribution is 6.52. The summed E-state index contributed by atoms with van der Waals surface area (Å²) in [6.45, 7) is 13.0. The highest BCUT2D eigenvalue weighted by Gasteiger charge is 2.12. The fraction of sp³-hybridized carbons (Fsp3) is 0.250. The lowest BCUT2D eigenvalue weighted by Gasteiger charge is -2.01. The monoisotopic (exact) mass is 154 g/mol. The van der Waals surface area contributed by atoms with Crippen molar-refractivity contribution >= 4 is 7.12 Å². The number of allylic oxidation sites excluding steroid dienone is 3. The molecule has 0 aliphatic heterocycles. The molecular weight excluding hydrogens is 139 g/mol. The lowest BCUT2D eigenvalue weighted by atomic mass is 9.75. The van der Waals surface area contributed by atoms with Gasteiger partial charge >= 0.3 is 7.12 Å². The summed E-state index contributed by atoms with van der Waals surface area (Å²) in [5, 5.41) is 17.2. The first-order valence-electron chi connectivity index (χ1n) is 3.27. The van der Waals surface area contributed by atoms with Crippen LogP contribution < -0.4 is 0 Å². The third-order valence-corrected chi connectivity index (χ3v) is 1.08. The Bertz CT molecular complexity index is 150. The number of rotatable bonds is 2. The van der Waals surface area contributed by atoms with Crippen molar-refractivity contribution in [3.8, 4) is 0 Å². The maximum atomic E-state index is 8.61. The Hall–Kier alpha value is -0.795. The van der Waals surface area contributed by atoms with Crippen molar-refractivity contribution in [1.29, 1.82) is 0 Å². The predicted molar refractivity (Wildman–Crippen MR) is 50.0 cm³/mol. The van der Waals surface area contributed by atoms with Gasteiger partial charge in [-0.05, 0) is 19.3 Å². The highest BCUT2D eigenvalue weighted by atomic mass is 16.4. The van der Waals surface area contributed by atoms with Crippen molar-refractivity contribution in [2.75, 3.05) is 0 Å². The summed E-state index contributed by atoms with van der Waals surface area (Å²) in [7, 11) is -1.38. The quantitative estimate of drug-likeness (QED) is 0.357. The van der Waals surface area contributed by atoms with Gasteiger partial charge in [0.1, 0.15) is 0 Å². The molecular formula is C8H15BO2. The molecule has 0 aliphatic carbocycles. The Morgan fingerprint density at radius 1 is 1.36 bits per heavy atom. The second kappa shape index (κ2) is 7.31. The van der Waals surface area contributed by atoms with Crippen LogP contribution in [-0.2, 0) is 0 Å².